The molecule has 0 aliphatic rings. The highest BCUT2D eigenvalue weighted by atomic mass is 35.5. The topological polar surface area (TPSA) is 113 Å². The van der Waals surface area contributed by atoms with E-state index in [0.29, 0.717) is 0 Å². The molecule has 1 aromatic rings. The largest absolute Gasteiger partial charge is 0.478 e. The maximum Gasteiger partial charge on any atom is 0.338 e. The highest BCUT2D eigenvalue weighted by Gasteiger charge is 2.21. The molecule has 110 valence electrons. The smallest absolute Gasteiger partial charge is 0.338 e. The summed E-state index contributed by atoms with van der Waals surface area (Å²) in [4.78, 5) is 21.1. The zero-order valence-electron chi connectivity index (χ0n) is 11.0. The number of aliphatic hydroxyl groups is 1. The summed E-state index contributed by atoms with van der Waals surface area (Å²) in [7, 11) is 0. The molecule has 0 amide bonds. The Balaban J connectivity index is 3.12. The second-order valence-corrected chi connectivity index (χ2v) is 5.01. The summed E-state index contributed by atoms with van der Waals surface area (Å²) in [6.07, 6.45) is -0.692. The first-order valence-corrected chi connectivity index (χ1v) is 6.25. The van der Waals surface area contributed by atoms with Crippen LogP contribution in [0.4, 0.5) is 11.4 Å². The summed E-state index contributed by atoms with van der Waals surface area (Å²) in [5.74, 6) is -1.36. The van der Waals surface area contributed by atoms with Crippen LogP contribution in [0.15, 0.2) is 12.1 Å². The molecule has 0 aromatic heterocycles. The van der Waals surface area contributed by atoms with Crippen molar-refractivity contribution in [3.05, 3.63) is 32.8 Å². The fourth-order valence-electron chi connectivity index (χ4n) is 1.49. The monoisotopic (exact) mass is 302 g/mol. The molecule has 7 nitrogen and oxygen atoms in total. The van der Waals surface area contributed by atoms with Crippen molar-refractivity contribution in [2.24, 2.45) is 5.92 Å². The standard InChI is InChI=1S/C12H15ClN2O5/c1-6(2)10(16)5-14-11-8(12(17)18)3-7(15(19)20)4-9(11)13/h3-4,6,10,14,16H,5H2,1-2H3,(H,17,18). The number of nitro groups is 1. The molecule has 0 saturated carbocycles. The third-order valence-corrected chi connectivity index (χ3v) is 3.07. The lowest BCUT2D eigenvalue weighted by Crippen LogP contribution is -2.25. The van der Waals surface area contributed by atoms with Gasteiger partial charge in [-0.3, -0.25) is 10.1 Å². The number of carboxylic acid groups (broad SMARTS) is 1. The zero-order chi connectivity index (χ0) is 15.4. The molecule has 1 unspecified atom stereocenters. The number of benzene rings is 1. The number of aliphatic hydroxyl groups excluding tert-OH is 1. The average molecular weight is 303 g/mol. The summed E-state index contributed by atoms with van der Waals surface area (Å²) in [6.45, 7) is 3.71. The minimum atomic E-state index is -1.34. The Bertz CT molecular complexity index is 533. The van der Waals surface area contributed by atoms with E-state index >= 15 is 0 Å². The Hall–Kier alpha value is -1.86. The molecule has 1 rings (SSSR count). The fraction of sp³-hybridized carbons (Fsp3) is 0.417. The van der Waals surface area contributed by atoms with Crippen LogP contribution in [0.25, 0.3) is 0 Å². The van der Waals surface area contributed by atoms with Crippen LogP contribution in [-0.4, -0.2) is 33.8 Å². The molecule has 1 aromatic carbocycles. The van der Waals surface area contributed by atoms with E-state index in [1.54, 1.807) is 0 Å². The van der Waals surface area contributed by atoms with Crippen LogP contribution < -0.4 is 5.32 Å². The van der Waals surface area contributed by atoms with Crippen LogP contribution >= 0.6 is 11.6 Å². The Morgan fingerprint density at radius 2 is 2.10 bits per heavy atom. The number of nitro benzene ring substituents is 1. The van der Waals surface area contributed by atoms with Crippen molar-refractivity contribution < 1.29 is 19.9 Å². The van der Waals surface area contributed by atoms with Gasteiger partial charge in [0.2, 0.25) is 0 Å². The molecule has 0 spiro atoms. The number of carbonyl (C=O) groups is 1. The SMILES string of the molecule is CC(C)C(O)CNc1c(Cl)cc([N+](=O)[O-])cc1C(=O)O. The highest BCUT2D eigenvalue weighted by Crippen LogP contribution is 2.31. The first-order valence-electron chi connectivity index (χ1n) is 5.87. The van der Waals surface area contributed by atoms with Crippen LogP contribution in [0.1, 0.15) is 24.2 Å². The first kappa shape index (κ1) is 16.2. The lowest BCUT2D eigenvalue weighted by Gasteiger charge is -2.17. The predicted octanol–water partition coefficient (Wildman–Crippen LogP) is 2.38. The third kappa shape index (κ3) is 3.82. The number of non-ortho nitro benzene ring substituents is 1. The van der Waals surface area contributed by atoms with Crippen LogP contribution in [-0.2, 0) is 0 Å². The van der Waals surface area contributed by atoms with Gasteiger partial charge in [-0.1, -0.05) is 25.4 Å². The van der Waals surface area contributed by atoms with Gasteiger partial charge in [0.25, 0.3) is 5.69 Å². The number of nitrogens with one attached hydrogen (secondary N) is 1. The number of rotatable bonds is 6. The number of aromatic carboxylic acids is 1. The third-order valence-electron chi connectivity index (χ3n) is 2.77. The lowest BCUT2D eigenvalue weighted by molar-refractivity contribution is -0.384. The van der Waals surface area contributed by atoms with Gasteiger partial charge in [0.1, 0.15) is 0 Å². The van der Waals surface area contributed by atoms with Crippen molar-refractivity contribution in [2.75, 3.05) is 11.9 Å². The molecule has 0 bridgehead atoms. The van der Waals surface area contributed by atoms with E-state index in [4.69, 9.17) is 16.7 Å². The van der Waals surface area contributed by atoms with Crippen LogP contribution in [0, 0.1) is 16.0 Å². The van der Waals surface area contributed by atoms with Gasteiger partial charge in [-0.05, 0) is 5.92 Å². The molecule has 0 saturated heterocycles. The number of anilines is 1. The van der Waals surface area contributed by atoms with E-state index in [9.17, 15) is 20.0 Å². The van der Waals surface area contributed by atoms with Crippen molar-refractivity contribution in [3.8, 4) is 0 Å². The molecule has 20 heavy (non-hydrogen) atoms. The Morgan fingerprint density at radius 1 is 1.50 bits per heavy atom. The van der Waals surface area contributed by atoms with Gasteiger partial charge in [0.05, 0.1) is 27.3 Å². The Labute approximate surface area is 120 Å². The van der Waals surface area contributed by atoms with Crippen molar-refractivity contribution >= 4 is 28.9 Å². The van der Waals surface area contributed by atoms with Gasteiger partial charge in [-0.15, -0.1) is 0 Å². The minimum absolute atomic E-state index is 0.0207. The summed E-state index contributed by atoms with van der Waals surface area (Å²) >= 11 is 5.87. The van der Waals surface area contributed by atoms with Gasteiger partial charge in [0, 0.05) is 18.7 Å². The Morgan fingerprint density at radius 3 is 2.55 bits per heavy atom. The second-order valence-electron chi connectivity index (χ2n) is 4.60. The van der Waals surface area contributed by atoms with E-state index in [2.05, 4.69) is 5.32 Å². The minimum Gasteiger partial charge on any atom is -0.478 e. The number of hydrogen-bond acceptors (Lipinski definition) is 5. The number of halogens is 1. The molecular formula is C12H15ClN2O5. The Kier molecular flexibility index (Phi) is 5.29. The molecular weight excluding hydrogens is 288 g/mol. The summed E-state index contributed by atoms with van der Waals surface area (Å²) in [5, 5.41) is 32.1. The molecule has 8 heteroatoms. The molecule has 0 heterocycles. The lowest BCUT2D eigenvalue weighted by atomic mass is 10.1. The van der Waals surface area contributed by atoms with Crippen molar-refractivity contribution in [3.63, 3.8) is 0 Å². The van der Waals surface area contributed by atoms with E-state index < -0.39 is 22.7 Å². The van der Waals surface area contributed by atoms with Gasteiger partial charge in [-0.2, -0.15) is 0 Å². The number of nitrogens with zero attached hydrogens (tertiary/aromatic N) is 1. The van der Waals surface area contributed by atoms with E-state index in [-0.39, 0.29) is 28.7 Å². The van der Waals surface area contributed by atoms with Crippen molar-refractivity contribution in [1.29, 1.82) is 0 Å². The van der Waals surface area contributed by atoms with Gasteiger partial charge in [-0.25, -0.2) is 4.79 Å². The fourth-order valence-corrected chi connectivity index (χ4v) is 1.77. The number of carboxylic acids is 1. The van der Waals surface area contributed by atoms with E-state index in [0.717, 1.165) is 12.1 Å². The van der Waals surface area contributed by atoms with Crippen LogP contribution in [0.3, 0.4) is 0 Å². The highest BCUT2D eigenvalue weighted by molar-refractivity contribution is 6.34. The molecule has 0 radical (unpaired) electrons. The molecule has 1 atom stereocenters. The summed E-state index contributed by atoms with van der Waals surface area (Å²) in [6, 6.07) is 2.00. The van der Waals surface area contributed by atoms with Crippen LogP contribution in [0.2, 0.25) is 5.02 Å². The second kappa shape index (κ2) is 6.53. The normalized spacial score (nSPS) is 12.2. The number of hydrogen-bond donors (Lipinski definition) is 3. The van der Waals surface area contributed by atoms with Gasteiger partial charge < -0.3 is 15.5 Å². The summed E-state index contributed by atoms with van der Waals surface area (Å²) in [5.41, 5.74) is -0.646. The maximum absolute atomic E-state index is 11.1. The molecule has 0 fully saturated rings. The first-order chi connectivity index (χ1) is 9.23. The van der Waals surface area contributed by atoms with Crippen LogP contribution in [0.5, 0.6) is 0 Å². The van der Waals surface area contributed by atoms with Gasteiger partial charge in [0.15, 0.2) is 0 Å². The molecule has 0 aliphatic heterocycles. The van der Waals surface area contributed by atoms with Crippen molar-refractivity contribution in [1.82, 2.24) is 0 Å². The quantitative estimate of drug-likeness (QED) is 0.549. The molecule has 0 aliphatic carbocycles. The molecule has 3 N–H and O–H groups in total. The van der Waals surface area contributed by atoms with E-state index in [1.165, 1.54) is 0 Å². The van der Waals surface area contributed by atoms with E-state index in [1.807, 2.05) is 13.8 Å². The summed E-state index contributed by atoms with van der Waals surface area (Å²) < 4.78 is 0. The maximum atomic E-state index is 11.1. The van der Waals surface area contributed by atoms with Gasteiger partial charge >= 0.3 is 5.97 Å². The zero-order valence-corrected chi connectivity index (χ0v) is 11.7. The van der Waals surface area contributed by atoms with Crippen molar-refractivity contribution in [2.45, 2.75) is 20.0 Å². The predicted molar refractivity (Wildman–Crippen MR) is 74.4 cm³/mol. The average Bonchev–Trinajstić information content (AvgIpc) is 2.35.